The van der Waals surface area contributed by atoms with Crippen LogP contribution in [-0.4, -0.2) is 24.2 Å². The molecule has 4 nitrogen and oxygen atoms in total. The minimum Gasteiger partial charge on any atom is -0.481 e. The number of hydrogen-bond acceptors (Lipinski definition) is 3. The fourth-order valence-electron chi connectivity index (χ4n) is 1.47. The number of carboxylic acids is 1. The van der Waals surface area contributed by atoms with Gasteiger partial charge in [0.15, 0.2) is 0 Å². The van der Waals surface area contributed by atoms with Crippen LogP contribution in [0.5, 0.6) is 0 Å². The van der Waals surface area contributed by atoms with Gasteiger partial charge in [0.2, 0.25) is 0 Å². The summed E-state index contributed by atoms with van der Waals surface area (Å²) in [4.78, 5) is 22.0. The topological polar surface area (TPSA) is 63.6 Å². The summed E-state index contributed by atoms with van der Waals surface area (Å²) >= 11 is 0. The van der Waals surface area contributed by atoms with Crippen molar-refractivity contribution in [1.82, 2.24) is 0 Å². The molecule has 0 aliphatic heterocycles. The van der Waals surface area contributed by atoms with Crippen molar-refractivity contribution < 1.29 is 19.4 Å². The molecule has 0 aromatic heterocycles. The Morgan fingerprint density at radius 1 is 1.29 bits per heavy atom. The van der Waals surface area contributed by atoms with E-state index in [2.05, 4.69) is 4.74 Å². The molecular weight excluding hydrogens is 220 g/mol. The van der Waals surface area contributed by atoms with Crippen LogP contribution in [0.2, 0.25) is 0 Å². The Morgan fingerprint density at radius 3 is 2.41 bits per heavy atom. The Hall–Kier alpha value is -2.10. The highest BCUT2D eigenvalue weighted by atomic mass is 16.5. The summed E-state index contributed by atoms with van der Waals surface area (Å²) < 4.78 is 4.67. The third kappa shape index (κ3) is 3.45. The molecule has 17 heavy (non-hydrogen) atoms. The number of aliphatic carboxylic acids is 1. The lowest BCUT2D eigenvalue weighted by Crippen LogP contribution is -2.04. The van der Waals surface area contributed by atoms with Crippen LogP contribution in [0.1, 0.15) is 29.3 Å². The van der Waals surface area contributed by atoms with Gasteiger partial charge in [-0.3, -0.25) is 4.79 Å². The molecule has 1 aromatic rings. The second kappa shape index (κ2) is 5.84. The Bertz CT molecular complexity index is 460. The van der Waals surface area contributed by atoms with Gasteiger partial charge in [-0.25, -0.2) is 4.79 Å². The minimum atomic E-state index is -0.903. The number of carbonyl (C=O) groups is 2. The molecule has 0 saturated carbocycles. The van der Waals surface area contributed by atoms with Gasteiger partial charge in [0.05, 0.1) is 19.1 Å². The van der Waals surface area contributed by atoms with Crippen molar-refractivity contribution >= 4 is 17.5 Å². The summed E-state index contributed by atoms with van der Waals surface area (Å²) in [5, 5.41) is 8.60. The zero-order valence-corrected chi connectivity index (χ0v) is 9.77. The van der Waals surface area contributed by atoms with Crippen molar-refractivity contribution in [3.8, 4) is 0 Å². The van der Waals surface area contributed by atoms with E-state index in [1.807, 2.05) is 0 Å². The summed E-state index contributed by atoms with van der Waals surface area (Å²) in [6.45, 7) is 1.77. The molecule has 1 aromatic carbocycles. The first-order chi connectivity index (χ1) is 8.06. The van der Waals surface area contributed by atoms with Crippen LogP contribution in [0, 0.1) is 0 Å². The van der Waals surface area contributed by atoms with Gasteiger partial charge < -0.3 is 9.84 Å². The van der Waals surface area contributed by atoms with Crippen molar-refractivity contribution in [3.05, 3.63) is 41.5 Å². The molecule has 0 aliphatic carbocycles. The lowest BCUT2D eigenvalue weighted by atomic mass is 10.00. The fourth-order valence-corrected chi connectivity index (χ4v) is 1.47. The van der Waals surface area contributed by atoms with Crippen molar-refractivity contribution in [1.29, 1.82) is 0 Å². The maximum absolute atomic E-state index is 11.5. The maximum Gasteiger partial charge on any atom is 0.338 e. The molecule has 0 spiro atoms. The number of carboxylic acid groups (broad SMARTS) is 1. The van der Waals surface area contributed by atoms with Crippen LogP contribution < -0.4 is 0 Å². The van der Waals surface area contributed by atoms with E-state index in [0.29, 0.717) is 11.1 Å². The molecule has 1 N–H and O–H groups in total. The summed E-state index contributed by atoms with van der Waals surface area (Å²) in [6.07, 6.45) is 1.51. The van der Waals surface area contributed by atoms with Crippen LogP contribution >= 0.6 is 0 Å². The number of rotatable bonds is 4. The summed E-state index contributed by atoms with van der Waals surface area (Å²) in [5.41, 5.74) is 1.88. The first-order valence-corrected chi connectivity index (χ1v) is 5.12. The third-order valence-corrected chi connectivity index (χ3v) is 2.34. The number of methoxy groups -OCH3 is 1. The van der Waals surface area contributed by atoms with E-state index in [4.69, 9.17) is 5.11 Å². The second-order valence-electron chi connectivity index (χ2n) is 3.52. The number of carbonyl (C=O) groups excluding carboxylic acids is 1. The Balaban J connectivity index is 3.08. The minimum absolute atomic E-state index is 0.0681. The van der Waals surface area contributed by atoms with Gasteiger partial charge in [0.1, 0.15) is 0 Å². The molecule has 0 atom stereocenters. The molecule has 0 unspecified atom stereocenters. The smallest absolute Gasteiger partial charge is 0.338 e. The summed E-state index contributed by atoms with van der Waals surface area (Å²) in [5.74, 6) is -1.33. The zero-order valence-electron chi connectivity index (χ0n) is 9.77. The van der Waals surface area contributed by atoms with E-state index < -0.39 is 11.9 Å². The Morgan fingerprint density at radius 2 is 1.88 bits per heavy atom. The molecule has 0 aliphatic rings. The van der Waals surface area contributed by atoms with E-state index in [1.165, 1.54) is 7.11 Å². The van der Waals surface area contributed by atoms with Gasteiger partial charge >= 0.3 is 11.9 Å². The monoisotopic (exact) mass is 234 g/mol. The molecule has 0 amide bonds. The van der Waals surface area contributed by atoms with Gasteiger partial charge in [0.25, 0.3) is 0 Å². The molecular formula is C13H14O4. The van der Waals surface area contributed by atoms with E-state index in [1.54, 1.807) is 37.3 Å². The van der Waals surface area contributed by atoms with E-state index >= 15 is 0 Å². The quantitative estimate of drug-likeness (QED) is 0.812. The van der Waals surface area contributed by atoms with Gasteiger partial charge in [-0.05, 0) is 24.1 Å². The highest BCUT2D eigenvalue weighted by Gasteiger charge is 2.11. The number of allylic oxidation sites excluding steroid dienone is 1. The summed E-state index contributed by atoms with van der Waals surface area (Å²) in [6, 6.07) is 6.94. The number of esters is 1. The number of hydrogen-bond donors (Lipinski definition) is 1. The van der Waals surface area contributed by atoms with E-state index in [-0.39, 0.29) is 6.42 Å². The van der Waals surface area contributed by atoms with Crippen molar-refractivity contribution in [3.63, 3.8) is 0 Å². The van der Waals surface area contributed by atoms with Crippen molar-refractivity contribution in [2.24, 2.45) is 0 Å². The van der Waals surface area contributed by atoms with Gasteiger partial charge in [-0.1, -0.05) is 24.3 Å². The molecule has 0 heterocycles. The molecule has 0 bridgehead atoms. The highest BCUT2D eigenvalue weighted by molar-refractivity contribution is 5.95. The van der Waals surface area contributed by atoms with Gasteiger partial charge in [-0.2, -0.15) is 0 Å². The predicted molar refractivity (Wildman–Crippen MR) is 63.7 cm³/mol. The molecule has 1 rings (SSSR count). The lowest BCUT2D eigenvalue weighted by molar-refractivity contribution is -0.135. The van der Waals surface area contributed by atoms with Crippen molar-refractivity contribution in [2.45, 2.75) is 13.3 Å². The summed E-state index contributed by atoms with van der Waals surface area (Å²) in [7, 11) is 1.31. The SMILES string of the molecule is COC(=O)c1ccccc1/C(C)=C/CC(=O)O. The first kappa shape index (κ1) is 13.0. The highest BCUT2D eigenvalue weighted by Crippen LogP contribution is 2.20. The van der Waals surface area contributed by atoms with E-state index in [9.17, 15) is 9.59 Å². The number of benzene rings is 1. The average Bonchev–Trinajstić information content (AvgIpc) is 2.34. The van der Waals surface area contributed by atoms with Gasteiger partial charge in [-0.15, -0.1) is 0 Å². The average molecular weight is 234 g/mol. The van der Waals surface area contributed by atoms with Crippen LogP contribution in [0.15, 0.2) is 30.3 Å². The van der Waals surface area contributed by atoms with Gasteiger partial charge in [0, 0.05) is 0 Å². The number of ether oxygens (including phenoxy) is 1. The molecule has 0 radical (unpaired) electrons. The molecule has 4 heteroatoms. The third-order valence-electron chi connectivity index (χ3n) is 2.34. The fraction of sp³-hybridized carbons (Fsp3) is 0.231. The van der Waals surface area contributed by atoms with Crippen LogP contribution in [0.4, 0.5) is 0 Å². The predicted octanol–water partition coefficient (Wildman–Crippen LogP) is 2.35. The lowest BCUT2D eigenvalue weighted by Gasteiger charge is -2.07. The van der Waals surface area contributed by atoms with Crippen LogP contribution in [-0.2, 0) is 9.53 Å². The molecule has 90 valence electrons. The van der Waals surface area contributed by atoms with Crippen molar-refractivity contribution in [2.75, 3.05) is 7.11 Å². The van der Waals surface area contributed by atoms with Crippen LogP contribution in [0.3, 0.4) is 0 Å². The zero-order chi connectivity index (χ0) is 12.8. The van der Waals surface area contributed by atoms with E-state index in [0.717, 1.165) is 5.57 Å². The Kier molecular flexibility index (Phi) is 4.46. The maximum atomic E-state index is 11.5. The first-order valence-electron chi connectivity index (χ1n) is 5.12. The standard InChI is InChI=1S/C13H14O4/c1-9(7-8-12(14)15)10-5-3-4-6-11(10)13(16)17-2/h3-7H,8H2,1-2H3,(H,14,15)/b9-7+. The second-order valence-corrected chi connectivity index (χ2v) is 3.52. The molecule has 0 fully saturated rings. The molecule has 0 saturated heterocycles. The normalized spacial score (nSPS) is 11.1. The largest absolute Gasteiger partial charge is 0.481 e. The van der Waals surface area contributed by atoms with Crippen LogP contribution in [0.25, 0.3) is 5.57 Å². The Labute approximate surface area is 99.5 Å².